The fourth-order valence-corrected chi connectivity index (χ4v) is 4.59. The molecule has 0 aromatic heterocycles. The summed E-state index contributed by atoms with van der Waals surface area (Å²) in [6, 6.07) is 8.81. The van der Waals surface area contributed by atoms with Crippen LogP contribution in [0, 0.1) is 10.1 Å². The van der Waals surface area contributed by atoms with E-state index < -0.39 is 16.1 Å². The Morgan fingerprint density at radius 1 is 1.03 bits per heavy atom. The van der Waals surface area contributed by atoms with Gasteiger partial charge in [0.15, 0.2) is 11.5 Å². The molecule has 0 bridgehead atoms. The third-order valence-corrected chi connectivity index (χ3v) is 6.19. The number of benzene rings is 2. The van der Waals surface area contributed by atoms with Gasteiger partial charge in [0.25, 0.3) is 5.69 Å². The summed E-state index contributed by atoms with van der Waals surface area (Å²) in [5.41, 5.74) is 0.503. The number of anilines is 1. The molecule has 158 valence electrons. The number of hydrogen-bond acceptors (Lipinski definition) is 7. The summed E-state index contributed by atoms with van der Waals surface area (Å²) in [5, 5.41) is 11.7. The van der Waals surface area contributed by atoms with E-state index in [1.54, 1.807) is 19.3 Å². The average molecular weight is 412 g/mol. The van der Waals surface area contributed by atoms with Crippen molar-refractivity contribution < 1.29 is 23.9 Å². The molecule has 0 aliphatic carbocycles. The lowest BCUT2D eigenvalue weighted by atomic mass is 9.76. The van der Waals surface area contributed by atoms with Crippen molar-refractivity contribution in [3.63, 3.8) is 0 Å². The zero-order valence-electron chi connectivity index (χ0n) is 17.8. The summed E-state index contributed by atoms with van der Waals surface area (Å²) >= 11 is 0. The van der Waals surface area contributed by atoms with Gasteiger partial charge in [0.1, 0.15) is 17.1 Å². The van der Waals surface area contributed by atoms with E-state index in [0.29, 0.717) is 17.3 Å². The Kier molecular flexibility index (Phi) is 4.34. The summed E-state index contributed by atoms with van der Waals surface area (Å²) in [7, 11) is 6.53. The van der Waals surface area contributed by atoms with Gasteiger partial charge in [-0.05, 0) is 31.5 Å². The highest BCUT2D eigenvalue weighted by molar-refractivity contribution is 5.83. The minimum Gasteiger partial charge on any atom is -0.496 e. The van der Waals surface area contributed by atoms with Gasteiger partial charge in [-0.1, -0.05) is 12.1 Å². The maximum Gasteiger partial charge on any atom is 0.284 e. The predicted molar refractivity (Wildman–Crippen MR) is 112 cm³/mol. The Bertz CT molecular complexity index is 1080. The van der Waals surface area contributed by atoms with Crippen LogP contribution in [0.4, 0.5) is 11.4 Å². The van der Waals surface area contributed by atoms with Gasteiger partial charge in [0, 0.05) is 19.2 Å². The van der Waals surface area contributed by atoms with Gasteiger partial charge >= 0.3 is 0 Å². The highest BCUT2D eigenvalue weighted by atomic mass is 16.6. The fourth-order valence-electron chi connectivity index (χ4n) is 4.59. The van der Waals surface area contributed by atoms with Gasteiger partial charge in [0.05, 0.1) is 37.4 Å². The van der Waals surface area contributed by atoms with Crippen LogP contribution in [-0.4, -0.2) is 39.0 Å². The van der Waals surface area contributed by atoms with E-state index in [1.165, 1.54) is 20.3 Å². The highest BCUT2D eigenvalue weighted by Crippen LogP contribution is 2.59. The van der Waals surface area contributed by atoms with E-state index in [-0.39, 0.29) is 17.0 Å². The molecular formula is C22H24N2O6. The third-order valence-electron chi connectivity index (χ3n) is 6.19. The molecule has 4 rings (SSSR count). The zero-order chi connectivity index (χ0) is 21.8. The highest BCUT2D eigenvalue weighted by Gasteiger charge is 2.60. The standard InChI is InChI=1S/C22H24N2O6/c1-21(2)13-8-7-9-15(27-4)19(13)23(3)22(21)12-17(29-6)18-14(24(25)26)10-11-16(28-5)20(18)30-22/h7-12H,1-6H3. The molecule has 0 amide bonds. The fraction of sp³-hybridized carbons (Fsp3) is 0.364. The van der Waals surface area contributed by atoms with Gasteiger partial charge in [-0.15, -0.1) is 0 Å². The minimum atomic E-state index is -1.02. The van der Waals surface area contributed by atoms with Crippen molar-refractivity contribution in [3.05, 3.63) is 57.6 Å². The minimum absolute atomic E-state index is 0.109. The van der Waals surface area contributed by atoms with E-state index in [1.807, 2.05) is 30.1 Å². The molecule has 2 aliphatic heterocycles. The number of fused-ring (bicyclic) bond motifs is 2. The van der Waals surface area contributed by atoms with Crippen LogP contribution in [0.3, 0.4) is 0 Å². The van der Waals surface area contributed by atoms with Crippen molar-refractivity contribution in [1.29, 1.82) is 0 Å². The van der Waals surface area contributed by atoms with Crippen LogP contribution in [0.1, 0.15) is 25.0 Å². The van der Waals surface area contributed by atoms with Crippen molar-refractivity contribution in [2.24, 2.45) is 0 Å². The monoisotopic (exact) mass is 412 g/mol. The second kappa shape index (κ2) is 6.55. The predicted octanol–water partition coefficient (Wildman–Crippen LogP) is 4.12. The Hall–Kier alpha value is -3.42. The number of para-hydroxylation sites is 1. The molecule has 2 aromatic rings. The van der Waals surface area contributed by atoms with E-state index in [2.05, 4.69) is 13.8 Å². The van der Waals surface area contributed by atoms with Crippen LogP contribution in [0.25, 0.3) is 5.76 Å². The normalized spacial score (nSPS) is 20.7. The van der Waals surface area contributed by atoms with E-state index in [4.69, 9.17) is 18.9 Å². The van der Waals surface area contributed by atoms with Crippen LogP contribution in [0.15, 0.2) is 36.4 Å². The van der Waals surface area contributed by atoms with Crippen LogP contribution in [-0.2, 0) is 10.2 Å². The number of nitro benzene ring substituents is 1. The molecular weight excluding hydrogens is 388 g/mol. The SMILES string of the molecule is COC1=CC2(Oc3c(OC)ccc([N+](=O)[O-])c31)N(C)c1c(OC)cccc1C2(C)C. The summed E-state index contributed by atoms with van der Waals surface area (Å²) < 4.78 is 23.4. The summed E-state index contributed by atoms with van der Waals surface area (Å²) in [5.74, 6) is 1.74. The molecule has 2 heterocycles. The smallest absolute Gasteiger partial charge is 0.284 e. The second-order valence-corrected chi connectivity index (χ2v) is 7.80. The Labute approximate surface area is 174 Å². The molecule has 8 nitrogen and oxygen atoms in total. The number of nitro groups is 1. The number of rotatable bonds is 4. The molecule has 1 atom stereocenters. The summed E-state index contributed by atoms with van der Waals surface area (Å²) in [6.45, 7) is 4.13. The molecule has 0 N–H and O–H groups in total. The lowest BCUT2D eigenvalue weighted by Gasteiger charge is -2.46. The Balaban J connectivity index is 2.03. The van der Waals surface area contributed by atoms with Gasteiger partial charge in [-0.3, -0.25) is 10.1 Å². The van der Waals surface area contributed by atoms with E-state index >= 15 is 0 Å². The molecule has 0 saturated heterocycles. The Morgan fingerprint density at radius 2 is 1.73 bits per heavy atom. The van der Waals surface area contributed by atoms with Crippen molar-refractivity contribution >= 4 is 17.1 Å². The number of hydrogen-bond donors (Lipinski definition) is 0. The molecule has 0 saturated carbocycles. The van der Waals surface area contributed by atoms with E-state index in [0.717, 1.165) is 11.3 Å². The quantitative estimate of drug-likeness (QED) is 0.552. The molecule has 2 aromatic carbocycles. The maximum absolute atomic E-state index is 11.7. The Morgan fingerprint density at radius 3 is 2.33 bits per heavy atom. The van der Waals surface area contributed by atoms with Crippen molar-refractivity contribution in [3.8, 4) is 17.2 Å². The van der Waals surface area contributed by atoms with Crippen molar-refractivity contribution in [2.75, 3.05) is 33.3 Å². The first-order chi connectivity index (χ1) is 14.2. The zero-order valence-corrected chi connectivity index (χ0v) is 17.8. The van der Waals surface area contributed by atoms with Gasteiger partial charge in [-0.2, -0.15) is 0 Å². The van der Waals surface area contributed by atoms with Crippen LogP contribution in [0.5, 0.6) is 17.2 Å². The molecule has 2 aliphatic rings. The van der Waals surface area contributed by atoms with Gasteiger partial charge < -0.3 is 23.8 Å². The first-order valence-electron chi connectivity index (χ1n) is 9.46. The number of nitrogens with zero attached hydrogens (tertiary/aromatic N) is 2. The second-order valence-electron chi connectivity index (χ2n) is 7.80. The average Bonchev–Trinajstić information content (AvgIpc) is 2.90. The molecule has 1 unspecified atom stereocenters. The number of likely N-dealkylation sites (N-methyl/N-ethyl adjacent to an activating group) is 1. The maximum atomic E-state index is 11.7. The summed E-state index contributed by atoms with van der Waals surface area (Å²) in [4.78, 5) is 13.2. The lowest BCUT2D eigenvalue weighted by Crippen LogP contribution is -2.58. The summed E-state index contributed by atoms with van der Waals surface area (Å²) in [6.07, 6.45) is 1.81. The third kappa shape index (κ3) is 2.33. The molecule has 30 heavy (non-hydrogen) atoms. The van der Waals surface area contributed by atoms with Crippen LogP contribution < -0.4 is 19.1 Å². The van der Waals surface area contributed by atoms with Gasteiger partial charge in [0.2, 0.25) is 5.72 Å². The van der Waals surface area contributed by atoms with Gasteiger partial charge in [-0.25, -0.2) is 0 Å². The molecule has 0 radical (unpaired) electrons. The lowest BCUT2D eigenvalue weighted by molar-refractivity contribution is -0.385. The topological polar surface area (TPSA) is 83.3 Å². The van der Waals surface area contributed by atoms with Crippen LogP contribution >= 0.6 is 0 Å². The van der Waals surface area contributed by atoms with Crippen molar-refractivity contribution in [1.82, 2.24) is 0 Å². The number of methoxy groups -OCH3 is 3. The molecule has 8 heteroatoms. The molecule has 0 fully saturated rings. The first-order valence-corrected chi connectivity index (χ1v) is 9.46. The van der Waals surface area contributed by atoms with Crippen LogP contribution in [0.2, 0.25) is 0 Å². The number of ether oxygens (including phenoxy) is 4. The first kappa shape index (κ1) is 19.9. The molecule has 1 spiro atoms. The largest absolute Gasteiger partial charge is 0.496 e. The van der Waals surface area contributed by atoms with Crippen molar-refractivity contribution in [2.45, 2.75) is 25.0 Å². The van der Waals surface area contributed by atoms with E-state index in [9.17, 15) is 10.1 Å².